The van der Waals surface area contributed by atoms with Gasteiger partial charge < -0.3 is 0 Å². The van der Waals surface area contributed by atoms with Crippen LogP contribution in [0, 0.1) is 20.8 Å². The second kappa shape index (κ2) is 11.1. The van der Waals surface area contributed by atoms with E-state index in [1.54, 1.807) is 0 Å². The number of aromatic amines is 1. The number of thioether (sulfide) groups is 1. The summed E-state index contributed by atoms with van der Waals surface area (Å²) in [5, 5.41) is 21.5. The number of aryl methyl sites for hydroxylation is 3. The van der Waals surface area contributed by atoms with Crippen LogP contribution in [0.1, 0.15) is 39.7 Å². The molecule has 1 unspecified atom stereocenters. The molecule has 1 aliphatic rings. The van der Waals surface area contributed by atoms with E-state index in [0.29, 0.717) is 33.6 Å². The Balaban J connectivity index is 1.55. The van der Waals surface area contributed by atoms with Gasteiger partial charge >= 0.3 is 11.1 Å². The van der Waals surface area contributed by atoms with Crippen molar-refractivity contribution in [1.29, 1.82) is 0 Å². The van der Waals surface area contributed by atoms with Crippen molar-refractivity contribution in [3.8, 4) is 11.3 Å². The lowest BCUT2D eigenvalue weighted by molar-refractivity contribution is 0.626. The van der Waals surface area contributed by atoms with E-state index in [2.05, 4.69) is 25.5 Å². The minimum Gasteiger partial charge on any atom is -0.262 e. The molecule has 1 N–H and O–H groups in total. The third-order valence-corrected chi connectivity index (χ3v) is 10.1. The minimum absolute atomic E-state index is 0.0846. The summed E-state index contributed by atoms with van der Waals surface area (Å²) in [4.78, 5) is 25.0. The standard InChI is InChI=1S/C29H20Cl4N6O2S/c1-12-4-7-15(8-5-12)17-11-18(26-35-36-27(40)29(41)39(26)38-17)42-28-20-19(21(30)23(32)24(33)22(20)31)25(34-37-28)16-9-6-13(2)14(3)10-16/h4-10,18H,11H2,1-3H3,(H,36,40). The summed E-state index contributed by atoms with van der Waals surface area (Å²) < 4.78 is 1.03. The number of H-pyrrole nitrogens is 1. The monoisotopic (exact) mass is 656 g/mol. The molecule has 8 nitrogen and oxygen atoms in total. The Morgan fingerprint density at radius 1 is 0.833 bits per heavy atom. The zero-order chi connectivity index (χ0) is 29.9. The molecule has 212 valence electrons. The Morgan fingerprint density at radius 3 is 2.19 bits per heavy atom. The van der Waals surface area contributed by atoms with Crippen molar-refractivity contribution in [1.82, 2.24) is 25.1 Å². The average molecular weight is 658 g/mol. The third kappa shape index (κ3) is 4.93. The maximum atomic E-state index is 12.9. The molecular formula is C29H20Cl4N6O2S. The van der Waals surface area contributed by atoms with Gasteiger partial charge in [0.15, 0.2) is 5.82 Å². The molecule has 1 atom stereocenters. The van der Waals surface area contributed by atoms with Gasteiger partial charge in [-0.3, -0.25) is 9.59 Å². The number of nitrogens with one attached hydrogen (secondary N) is 1. The first-order valence-corrected chi connectivity index (χ1v) is 15.1. The second-order valence-corrected chi connectivity index (χ2v) is 12.6. The van der Waals surface area contributed by atoms with Crippen LogP contribution in [-0.4, -0.2) is 30.8 Å². The Kier molecular flexibility index (Phi) is 7.66. The Hall–Kier alpha value is -3.21. The Morgan fingerprint density at radius 2 is 1.50 bits per heavy atom. The van der Waals surface area contributed by atoms with E-state index in [0.717, 1.165) is 32.5 Å². The Bertz CT molecular complexity index is 2080. The normalized spacial score (nSPS) is 14.6. The van der Waals surface area contributed by atoms with Crippen molar-refractivity contribution in [3.05, 3.63) is 111 Å². The van der Waals surface area contributed by atoms with Crippen molar-refractivity contribution in [2.24, 2.45) is 5.10 Å². The van der Waals surface area contributed by atoms with Gasteiger partial charge in [0.25, 0.3) is 0 Å². The SMILES string of the molecule is Cc1ccc(C2=Nn3c(n[nH]c(=O)c3=O)C(Sc3nnc(-c4ccc(C)c(C)c4)c4c(Cl)c(Cl)c(Cl)c(Cl)c34)C2)cc1. The van der Waals surface area contributed by atoms with Crippen LogP contribution in [0.2, 0.25) is 20.1 Å². The van der Waals surface area contributed by atoms with Gasteiger partial charge in [-0.25, -0.2) is 5.10 Å². The number of halogens is 4. The number of hydrogen-bond donors (Lipinski definition) is 1. The van der Waals surface area contributed by atoms with Crippen LogP contribution in [-0.2, 0) is 0 Å². The molecule has 5 aromatic rings. The first kappa shape index (κ1) is 28.9. The van der Waals surface area contributed by atoms with Gasteiger partial charge in [-0.15, -0.1) is 10.2 Å². The first-order chi connectivity index (χ1) is 20.0. The summed E-state index contributed by atoms with van der Waals surface area (Å²) >= 11 is 27.9. The van der Waals surface area contributed by atoms with Gasteiger partial charge in [-0.05, 0) is 43.5 Å². The van der Waals surface area contributed by atoms with Crippen molar-refractivity contribution in [2.75, 3.05) is 0 Å². The molecule has 0 bridgehead atoms. The van der Waals surface area contributed by atoms with E-state index in [4.69, 9.17) is 46.4 Å². The predicted octanol–water partition coefficient (Wildman–Crippen LogP) is 7.57. The summed E-state index contributed by atoms with van der Waals surface area (Å²) in [6, 6.07) is 13.6. The molecule has 3 heterocycles. The topological polar surface area (TPSA) is 106 Å². The number of rotatable bonds is 4. The number of nitrogens with zero attached hydrogens (tertiary/aromatic N) is 5. The largest absolute Gasteiger partial charge is 0.339 e. The van der Waals surface area contributed by atoms with Crippen molar-refractivity contribution >= 4 is 74.6 Å². The van der Waals surface area contributed by atoms with Crippen molar-refractivity contribution in [3.63, 3.8) is 0 Å². The fourth-order valence-corrected chi connectivity index (χ4v) is 6.98. The van der Waals surface area contributed by atoms with Crippen LogP contribution in [0.25, 0.3) is 22.0 Å². The molecule has 0 spiro atoms. The van der Waals surface area contributed by atoms with E-state index in [-0.39, 0.29) is 25.9 Å². The molecular weight excluding hydrogens is 638 g/mol. The summed E-state index contributed by atoms with van der Waals surface area (Å²) in [6.07, 6.45) is 0.362. The van der Waals surface area contributed by atoms with E-state index in [1.165, 1.54) is 11.8 Å². The molecule has 0 aliphatic carbocycles. The van der Waals surface area contributed by atoms with Gasteiger partial charge in [-0.2, -0.15) is 14.9 Å². The molecule has 0 fully saturated rings. The first-order valence-electron chi connectivity index (χ1n) is 12.7. The highest BCUT2D eigenvalue weighted by atomic mass is 35.5. The Labute approximate surface area is 263 Å². The highest BCUT2D eigenvalue weighted by Gasteiger charge is 2.31. The zero-order valence-electron chi connectivity index (χ0n) is 22.3. The fourth-order valence-electron chi connectivity index (χ4n) is 4.71. The van der Waals surface area contributed by atoms with Crippen molar-refractivity contribution in [2.45, 2.75) is 37.5 Å². The summed E-state index contributed by atoms with van der Waals surface area (Å²) in [5.74, 6) is 0.246. The van der Waals surface area contributed by atoms with E-state index in [1.807, 2.05) is 63.2 Å². The molecule has 0 radical (unpaired) electrons. The highest BCUT2D eigenvalue weighted by Crippen LogP contribution is 2.50. The van der Waals surface area contributed by atoms with Gasteiger partial charge in [0.05, 0.1) is 31.1 Å². The van der Waals surface area contributed by atoms with Gasteiger partial charge in [-0.1, -0.05) is 100 Å². The predicted molar refractivity (Wildman–Crippen MR) is 170 cm³/mol. The lowest BCUT2D eigenvalue weighted by Gasteiger charge is -2.24. The van der Waals surface area contributed by atoms with Crippen LogP contribution in [0.3, 0.4) is 0 Å². The molecule has 0 saturated carbocycles. The van der Waals surface area contributed by atoms with Gasteiger partial charge in [0.2, 0.25) is 0 Å². The van der Waals surface area contributed by atoms with E-state index >= 15 is 0 Å². The highest BCUT2D eigenvalue weighted by molar-refractivity contribution is 7.99. The number of fused-ring (bicyclic) bond motifs is 2. The average Bonchev–Trinajstić information content (AvgIpc) is 2.98. The number of aromatic nitrogens is 5. The van der Waals surface area contributed by atoms with Gasteiger partial charge in [0.1, 0.15) is 10.7 Å². The summed E-state index contributed by atoms with van der Waals surface area (Å²) in [6.45, 7) is 6.00. The molecule has 3 aromatic carbocycles. The molecule has 13 heteroatoms. The molecule has 0 saturated heterocycles. The molecule has 6 rings (SSSR count). The van der Waals surface area contributed by atoms with E-state index < -0.39 is 16.4 Å². The van der Waals surface area contributed by atoms with Crippen LogP contribution in [0.4, 0.5) is 0 Å². The molecule has 0 amide bonds. The van der Waals surface area contributed by atoms with Crippen molar-refractivity contribution < 1.29 is 0 Å². The number of benzene rings is 3. The number of hydrogen-bond acceptors (Lipinski definition) is 7. The molecule has 2 aromatic heterocycles. The fraction of sp³-hybridized carbons (Fsp3) is 0.172. The summed E-state index contributed by atoms with van der Waals surface area (Å²) in [7, 11) is 0. The van der Waals surface area contributed by atoms with Gasteiger partial charge in [0, 0.05) is 22.8 Å². The van der Waals surface area contributed by atoms with Crippen LogP contribution >= 0.6 is 58.2 Å². The molecule has 1 aliphatic heterocycles. The lowest BCUT2D eigenvalue weighted by atomic mass is 10.0. The van der Waals surface area contributed by atoms with E-state index in [9.17, 15) is 9.59 Å². The van der Waals surface area contributed by atoms with Crippen LogP contribution in [0.15, 0.2) is 62.2 Å². The third-order valence-electron chi connectivity index (χ3n) is 7.14. The lowest BCUT2D eigenvalue weighted by Crippen LogP contribution is -2.40. The maximum absolute atomic E-state index is 12.9. The minimum atomic E-state index is -0.879. The van der Waals surface area contributed by atoms with Crippen LogP contribution in [0.5, 0.6) is 0 Å². The maximum Gasteiger partial charge on any atom is 0.339 e. The quantitative estimate of drug-likeness (QED) is 0.121. The summed E-state index contributed by atoms with van der Waals surface area (Å²) in [5.41, 5.74) is 4.22. The second-order valence-electron chi connectivity index (χ2n) is 9.91. The smallest absolute Gasteiger partial charge is 0.262 e. The molecule has 42 heavy (non-hydrogen) atoms. The van der Waals surface area contributed by atoms with Crippen LogP contribution < -0.4 is 11.1 Å². The zero-order valence-corrected chi connectivity index (χ0v) is 26.1.